The van der Waals surface area contributed by atoms with Crippen LogP contribution in [-0.2, 0) is 4.74 Å². The maximum Gasteiger partial charge on any atom is 0.0582 e. The number of ether oxygens (including phenoxy) is 1. The first-order chi connectivity index (χ1) is 27.5. The maximum atomic E-state index is 7.36. The van der Waals surface area contributed by atoms with Crippen molar-refractivity contribution >= 4 is 0 Å². The average molecular weight is 801 g/mol. The Hall–Kier alpha value is -0.0400. The van der Waals surface area contributed by atoms with E-state index >= 15 is 0 Å². The molecule has 0 aliphatic heterocycles. The van der Waals surface area contributed by atoms with Crippen molar-refractivity contribution in [1.82, 2.24) is 0 Å². The molecular weight excluding hydrogens is 701 g/mol. The summed E-state index contributed by atoms with van der Waals surface area (Å²) in [7, 11) is 0. The minimum absolute atomic E-state index is 0.542. The average Bonchev–Trinajstić information content (AvgIpc) is 3.74. The first kappa shape index (κ1) is 44.6. The molecule has 0 N–H and O–H groups in total. The van der Waals surface area contributed by atoms with Crippen LogP contribution in [0, 0.1) is 116 Å². The van der Waals surface area contributed by atoms with Crippen molar-refractivity contribution in [3.8, 4) is 0 Å². The van der Waals surface area contributed by atoms with E-state index in [-0.39, 0.29) is 0 Å². The van der Waals surface area contributed by atoms with Gasteiger partial charge in [0.05, 0.1) is 12.2 Å². The lowest BCUT2D eigenvalue weighted by Crippen LogP contribution is -2.55. The fourth-order valence-corrected chi connectivity index (χ4v) is 19.7. The van der Waals surface area contributed by atoms with Crippen molar-refractivity contribution < 1.29 is 4.74 Å². The zero-order chi connectivity index (χ0) is 41.4. The zero-order valence-corrected chi connectivity index (χ0v) is 41.1. The molecule has 58 heavy (non-hydrogen) atoms. The van der Waals surface area contributed by atoms with Crippen molar-refractivity contribution in [2.75, 3.05) is 0 Å². The van der Waals surface area contributed by atoms with Crippen LogP contribution in [0.2, 0.25) is 0 Å². The number of hydrogen-bond donors (Lipinski definition) is 0. The van der Waals surface area contributed by atoms with Crippen molar-refractivity contribution in [2.45, 2.75) is 243 Å². The summed E-state index contributed by atoms with van der Waals surface area (Å²) in [5.41, 5.74) is 2.37. The third kappa shape index (κ3) is 7.72. The van der Waals surface area contributed by atoms with Gasteiger partial charge in [0.15, 0.2) is 0 Å². The molecule has 0 radical (unpaired) electrons. The Bertz CT molecular complexity index is 1360. The third-order valence-corrected chi connectivity index (χ3v) is 23.8. The van der Waals surface area contributed by atoms with Crippen LogP contribution in [0.3, 0.4) is 0 Å². The second-order valence-electron chi connectivity index (χ2n) is 26.4. The summed E-state index contributed by atoms with van der Waals surface area (Å²) in [4.78, 5) is 0. The highest BCUT2D eigenvalue weighted by molar-refractivity contribution is 5.12. The van der Waals surface area contributed by atoms with Gasteiger partial charge in [-0.25, -0.2) is 0 Å². The van der Waals surface area contributed by atoms with E-state index in [1.807, 2.05) is 0 Å². The van der Waals surface area contributed by atoms with Crippen LogP contribution in [0.1, 0.15) is 231 Å². The molecule has 8 aliphatic rings. The summed E-state index contributed by atoms with van der Waals surface area (Å²) >= 11 is 0. The van der Waals surface area contributed by atoms with Gasteiger partial charge in [-0.05, 0) is 238 Å². The monoisotopic (exact) mass is 801 g/mol. The summed E-state index contributed by atoms with van der Waals surface area (Å²) in [6.45, 7) is 31.2. The zero-order valence-electron chi connectivity index (χ0n) is 41.1. The molecule has 0 bridgehead atoms. The van der Waals surface area contributed by atoms with Crippen molar-refractivity contribution in [1.29, 1.82) is 0 Å². The third-order valence-electron chi connectivity index (χ3n) is 23.8. The Labute approximate surface area is 362 Å². The van der Waals surface area contributed by atoms with Crippen LogP contribution in [0.15, 0.2) is 0 Å². The molecule has 0 amide bonds. The minimum atomic E-state index is 0.542. The number of fused-ring (bicyclic) bond motifs is 10. The first-order valence-corrected chi connectivity index (χ1v) is 27.2. The molecule has 1 heteroatoms. The SMILES string of the molecule is CCC(CC[C@@H](C)[C@H]1CC[C@H]2[C@@H]3CCC4CC(OC5CC[C@@]6(C)C(CC[C@H]7[C@@H]8CC[C@H]([C@H](C)CCC(C)C(C)C)[C@@]8(C)CC[C@@H]76)C5)CC[C@]4(C)[C@H]3CC[C@]12C)C(C)C. The maximum absolute atomic E-state index is 7.36. The molecule has 8 fully saturated rings. The Morgan fingerprint density at radius 3 is 1.31 bits per heavy atom. The minimum Gasteiger partial charge on any atom is -0.375 e. The van der Waals surface area contributed by atoms with E-state index in [1.54, 1.807) is 12.8 Å². The van der Waals surface area contributed by atoms with E-state index < -0.39 is 0 Å². The van der Waals surface area contributed by atoms with Crippen molar-refractivity contribution in [2.24, 2.45) is 116 Å². The lowest BCUT2D eigenvalue weighted by atomic mass is 9.44. The lowest BCUT2D eigenvalue weighted by molar-refractivity contribution is -0.168. The smallest absolute Gasteiger partial charge is 0.0582 e. The standard InChI is InChI=1S/C57H100O/c1-13-41(37(4)5)17-16-40(8)49-23-25-51-47-21-19-43-35-45(27-31-55(43,10)53(47)29-33-57(49,51)12)58-44-26-30-54(9)42(34-44)18-20-46-50-24-22-48(56(50,11)32-28-52(46)54)39(7)15-14-38(6)36(2)3/h36-53H,13-35H2,1-12H3/t38?,39-,40-,41?,42?,43?,44?,45?,46+,47+,48-,49-,50+,51+,52+,53+,54+,55+,56-,57-/m1/s1. The normalized spacial score (nSPS) is 49.6. The molecule has 0 saturated heterocycles. The summed E-state index contributed by atoms with van der Waals surface area (Å²) in [6.07, 6.45) is 35.0. The van der Waals surface area contributed by atoms with Gasteiger partial charge in [-0.2, -0.15) is 0 Å². The number of rotatable bonds is 13. The highest BCUT2D eigenvalue weighted by Gasteiger charge is 2.63. The largest absolute Gasteiger partial charge is 0.375 e. The second-order valence-corrected chi connectivity index (χ2v) is 26.4. The summed E-state index contributed by atoms with van der Waals surface area (Å²) < 4.78 is 7.36. The summed E-state index contributed by atoms with van der Waals surface area (Å²) in [5, 5.41) is 0. The topological polar surface area (TPSA) is 9.23 Å². The Balaban J connectivity index is 0.836. The van der Waals surface area contributed by atoms with Gasteiger partial charge in [-0.3, -0.25) is 0 Å². The van der Waals surface area contributed by atoms with Gasteiger partial charge in [0.2, 0.25) is 0 Å². The van der Waals surface area contributed by atoms with Crippen LogP contribution in [0.25, 0.3) is 0 Å². The van der Waals surface area contributed by atoms with Gasteiger partial charge >= 0.3 is 0 Å². The van der Waals surface area contributed by atoms with Crippen LogP contribution < -0.4 is 0 Å². The second kappa shape index (κ2) is 17.2. The molecule has 20 atom stereocenters. The predicted molar refractivity (Wildman–Crippen MR) is 249 cm³/mol. The predicted octanol–water partition coefficient (Wildman–Crippen LogP) is 16.9. The molecule has 8 saturated carbocycles. The van der Waals surface area contributed by atoms with Crippen LogP contribution in [0.5, 0.6) is 0 Å². The van der Waals surface area contributed by atoms with E-state index in [2.05, 4.69) is 83.1 Å². The molecule has 0 aromatic rings. The van der Waals surface area contributed by atoms with Crippen molar-refractivity contribution in [3.63, 3.8) is 0 Å². The van der Waals surface area contributed by atoms with E-state index in [4.69, 9.17) is 4.74 Å². The summed E-state index contributed by atoms with van der Waals surface area (Å²) in [5.74, 6) is 15.0. The fourth-order valence-electron chi connectivity index (χ4n) is 19.7. The Morgan fingerprint density at radius 1 is 0.448 bits per heavy atom. The van der Waals surface area contributed by atoms with E-state index in [1.165, 1.54) is 135 Å². The van der Waals surface area contributed by atoms with Crippen LogP contribution in [0.4, 0.5) is 0 Å². The quantitative estimate of drug-likeness (QED) is 0.180. The Kier molecular flexibility index (Phi) is 13.2. The molecule has 334 valence electrons. The van der Waals surface area contributed by atoms with Gasteiger partial charge < -0.3 is 4.74 Å². The van der Waals surface area contributed by atoms with Gasteiger partial charge in [0.25, 0.3) is 0 Å². The molecule has 0 spiro atoms. The van der Waals surface area contributed by atoms with E-state index in [0.29, 0.717) is 33.9 Å². The molecular formula is C57H100O. The Morgan fingerprint density at radius 2 is 0.879 bits per heavy atom. The molecule has 8 rings (SSSR count). The number of hydrogen-bond acceptors (Lipinski definition) is 1. The highest BCUT2D eigenvalue weighted by Crippen LogP contribution is 2.70. The van der Waals surface area contributed by atoms with E-state index in [0.717, 1.165) is 94.7 Å². The van der Waals surface area contributed by atoms with Gasteiger partial charge in [0, 0.05) is 0 Å². The van der Waals surface area contributed by atoms with Gasteiger partial charge in [-0.1, -0.05) is 109 Å². The fraction of sp³-hybridized carbons (Fsp3) is 1.00. The van der Waals surface area contributed by atoms with Crippen LogP contribution in [-0.4, -0.2) is 12.2 Å². The molecule has 1 nitrogen and oxygen atoms in total. The van der Waals surface area contributed by atoms with Crippen LogP contribution >= 0.6 is 0 Å². The van der Waals surface area contributed by atoms with E-state index in [9.17, 15) is 0 Å². The molecule has 0 aromatic heterocycles. The molecule has 0 heterocycles. The lowest BCUT2D eigenvalue weighted by Gasteiger charge is -2.62. The highest BCUT2D eigenvalue weighted by atomic mass is 16.5. The van der Waals surface area contributed by atoms with Gasteiger partial charge in [0.1, 0.15) is 0 Å². The molecule has 6 unspecified atom stereocenters. The molecule has 0 aromatic carbocycles. The molecule has 8 aliphatic carbocycles. The first-order valence-electron chi connectivity index (χ1n) is 27.2. The summed E-state index contributed by atoms with van der Waals surface area (Å²) in [6, 6.07) is 0. The van der Waals surface area contributed by atoms with Crippen molar-refractivity contribution in [3.05, 3.63) is 0 Å². The van der Waals surface area contributed by atoms with Gasteiger partial charge in [-0.15, -0.1) is 0 Å².